The minimum Gasteiger partial charge on any atom is -0.337 e. The summed E-state index contributed by atoms with van der Waals surface area (Å²) in [7, 11) is 0. The molecule has 0 saturated carbocycles. The third kappa shape index (κ3) is 3.42. The average Bonchev–Trinajstić information content (AvgIpc) is 2.98. The zero-order chi connectivity index (χ0) is 16.4. The van der Waals surface area contributed by atoms with Crippen LogP contribution in [0.2, 0.25) is 0 Å². The molecule has 1 unspecified atom stereocenters. The van der Waals surface area contributed by atoms with Gasteiger partial charge in [0.1, 0.15) is 0 Å². The van der Waals surface area contributed by atoms with Crippen LogP contribution in [0.4, 0.5) is 0 Å². The number of nitrogens with two attached hydrogens (primary N) is 1. The Kier molecular flexibility index (Phi) is 4.17. The number of hydrogen-bond acceptors (Lipinski definition) is 4. The quantitative estimate of drug-likeness (QED) is 0.932. The van der Waals surface area contributed by atoms with E-state index >= 15 is 0 Å². The lowest BCUT2D eigenvalue weighted by Crippen LogP contribution is -2.54. The van der Waals surface area contributed by atoms with E-state index in [9.17, 15) is 4.79 Å². The van der Waals surface area contributed by atoms with Crippen molar-refractivity contribution in [1.82, 2.24) is 19.9 Å². The number of benzene rings is 1. The lowest BCUT2D eigenvalue weighted by Gasteiger charge is -2.42. The molecule has 1 atom stereocenters. The predicted molar refractivity (Wildman–Crippen MR) is 87.8 cm³/mol. The molecule has 0 spiro atoms. The Morgan fingerprint density at radius 3 is 2.78 bits per heavy atom. The second-order valence-electron chi connectivity index (χ2n) is 6.90. The number of rotatable bonds is 3. The van der Waals surface area contributed by atoms with Gasteiger partial charge in [-0.1, -0.05) is 49.4 Å². The first-order valence-corrected chi connectivity index (χ1v) is 7.94. The van der Waals surface area contributed by atoms with Crippen molar-refractivity contribution in [3.63, 3.8) is 0 Å². The maximum Gasteiger partial charge on any atom is 0.276 e. The molecule has 1 aromatic carbocycles. The molecule has 1 amide bonds. The van der Waals surface area contributed by atoms with Crippen molar-refractivity contribution in [2.45, 2.75) is 32.9 Å². The van der Waals surface area contributed by atoms with Gasteiger partial charge in [0, 0.05) is 19.1 Å². The van der Waals surface area contributed by atoms with Gasteiger partial charge in [-0.2, -0.15) is 0 Å². The molecule has 122 valence electrons. The molecule has 0 bridgehead atoms. The molecule has 23 heavy (non-hydrogen) atoms. The highest BCUT2D eigenvalue weighted by molar-refractivity contribution is 5.92. The molecular weight excluding hydrogens is 290 g/mol. The van der Waals surface area contributed by atoms with Crippen molar-refractivity contribution >= 4 is 5.91 Å². The van der Waals surface area contributed by atoms with Gasteiger partial charge >= 0.3 is 0 Å². The summed E-state index contributed by atoms with van der Waals surface area (Å²) in [5.41, 5.74) is 7.58. The number of piperidine rings is 1. The number of carbonyl (C=O) groups excluding carboxylic acids is 1. The highest BCUT2D eigenvalue weighted by Crippen LogP contribution is 2.28. The van der Waals surface area contributed by atoms with Gasteiger partial charge in [0.25, 0.3) is 5.91 Å². The van der Waals surface area contributed by atoms with Gasteiger partial charge in [-0.3, -0.25) is 4.79 Å². The first-order chi connectivity index (χ1) is 11.0. The van der Waals surface area contributed by atoms with Crippen LogP contribution in [-0.2, 0) is 6.54 Å². The molecule has 1 fully saturated rings. The summed E-state index contributed by atoms with van der Waals surface area (Å²) in [6, 6.07) is 10.1. The van der Waals surface area contributed by atoms with E-state index < -0.39 is 0 Å². The van der Waals surface area contributed by atoms with E-state index in [1.807, 2.05) is 35.2 Å². The van der Waals surface area contributed by atoms with Crippen LogP contribution in [0, 0.1) is 5.41 Å². The summed E-state index contributed by atoms with van der Waals surface area (Å²) in [6.45, 7) is 6.14. The molecule has 6 heteroatoms. The van der Waals surface area contributed by atoms with Gasteiger partial charge in [0.15, 0.2) is 5.69 Å². The molecule has 1 aliphatic heterocycles. The van der Waals surface area contributed by atoms with E-state index in [2.05, 4.69) is 24.2 Å². The van der Waals surface area contributed by atoms with Crippen LogP contribution >= 0.6 is 0 Å². The third-order valence-electron chi connectivity index (χ3n) is 4.54. The Balaban J connectivity index is 1.69. The van der Waals surface area contributed by atoms with Crippen molar-refractivity contribution < 1.29 is 4.79 Å². The highest BCUT2D eigenvalue weighted by Gasteiger charge is 2.36. The topological polar surface area (TPSA) is 77.0 Å². The van der Waals surface area contributed by atoms with Crippen LogP contribution in [0.3, 0.4) is 0 Å². The first kappa shape index (κ1) is 15.7. The van der Waals surface area contributed by atoms with Gasteiger partial charge in [-0.05, 0) is 17.4 Å². The van der Waals surface area contributed by atoms with Crippen LogP contribution in [0.5, 0.6) is 0 Å². The molecule has 2 N–H and O–H groups in total. The molecule has 0 radical (unpaired) electrons. The Bertz CT molecular complexity index is 679. The fraction of sp³-hybridized carbons (Fsp3) is 0.471. The minimum absolute atomic E-state index is 0.0655. The SMILES string of the molecule is CC1(C)CN(C(=O)c2cn(Cc3ccccc3)nn2)CCC1N. The van der Waals surface area contributed by atoms with Crippen LogP contribution in [0.1, 0.15) is 36.3 Å². The zero-order valence-corrected chi connectivity index (χ0v) is 13.6. The van der Waals surface area contributed by atoms with E-state index in [0.717, 1.165) is 12.0 Å². The maximum atomic E-state index is 12.6. The lowest BCUT2D eigenvalue weighted by molar-refractivity contribution is 0.0527. The van der Waals surface area contributed by atoms with Crippen molar-refractivity contribution in [2.24, 2.45) is 11.1 Å². The van der Waals surface area contributed by atoms with E-state index in [1.54, 1.807) is 10.9 Å². The largest absolute Gasteiger partial charge is 0.337 e. The monoisotopic (exact) mass is 313 g/mol. The smallest absolute Gasteiger partial charge is 0.276 e. The Morgan fingerprint density at radius 2 is 2.09 bits per heavy atom. The van der Waals surface area contributed by atoms with Crippen LogP contribution in [0.15, 0.2) is 36.5 Å². The molecule has 3 rings (SSSR count). The van der Waals surface area contributed by atoms with E-state index in [1.165, 1.54) is 0 Å². The average molecular weight is 313 g/mol. The summed E-state index contributed by atoms with van der Waals surface area (Å²) >= 11 is 0. The number of carbonyl (C=O) groups is 1. The predicted octanol–water partition coefficient (Wildman–Crippen LogP) is 1.53. The van der Waals surface area contributed by atoms with Crippen LogP contribution in [-0.4, -0.2) is 44.9 Å². The van der Waals surface area contributed by atoms with Crippen molar-refractivity contribution in [1.29, 1.82) is 0 Å². The van der Waals surface area contributed by atoms with E-state index in [0.29, 0.717) is 25.3 Å². The van der Waals surface area contributed by atoms with Gasteiger partial charge in [0.05, 0.1) is 12.7 Å². The summed E-state index contributed by atoms with van der Waals surface area (Å²) < 4.78 is 1.70. The number of likely N-dealkylation sites (tertiary alicyclic amines) is 1. The summed E-state index contributed by atoms with van der Waals surface area (Å²) in [5.74, 6) is -0.0655. The third-order valence-corrected chi connectivity index (χ3v) is 4.54. The molecule has 2 aromatic rings. The second kappa shape index (κ2) is 6.12. The summed E-state index contributed by atoms with van der Waals surface area (Å²) in [4.78, 5) is 14.5. The van der Waals surface area contributed by atoms with E-state index in [-0.39, 0.29) is 17.4 Å². The van der Waals surface area contributed by atoms with Crippen molar-refractivity contribution in [3.05, 3.63) is 47.8 Å². The molecule has 1 saturated heterocycles. The Morgan fingerprint density at radius 1 is 1.35 bits per heavy atom. The van der Waals surface area contributed by atoms with Gasteiger partial charge in [-0.15, -0.1) is 5.10 Å². The number of amides is 1. The van der Waals surface area contributed by atoms with Crippen LogP contribution < -0.4 is 5.73 Å². The highest BCUT2D eigenvalue weighted by atomic mass is 16.2. The van der Waals surface area contributed by atoms with Crippen LogP contribution in [0.25, 0.3) is 0 Å². The summed E-state index contributed by atoms with van der Waals surface area (Å²) in [6.07, 6.45) is 2.54. The normalized spacial score (nSPS) is 20.5. The molecular formula is C17H23N5O. The first-order valence-electron chi connectivity index (χ1n) is 7.94. The Labute approximate surface area is 136 Å². The number of aromatic nitrogens is 3. The number of hydrogen-bond donors (Lipinski definition) is 1. The standard InChI is InChI=1S/C17H23N5O/c1-17(2)12-21(9-8-15(17)18)16(23)14-11-22(20-19-14)10-13-6-4-3-5-7-13/h3-7,11,15H,8-10,12,18H2,1-2H3. The summed E-state index contributed by atoms with van der Waals surface area (Å²) in [5, 5.41) is 8.12. The van der Waals surface area contributed by atoms with Gasteiger partial charge in [0.2, 0.25) is 0 Å². The molecule has 6 nitrogen and oxygen atoms in total. The van der Waals surface area contributed by atoms with Crippen molar-refractivity contribution in [2.75, 3.05) is 13.1 Å². The maximum absolute atomic E-state index is 12.6. The Hall–Kier alpha value is -2.21. The molecule has 0 aliphatic carbocycles. The molecule has 1 aliphatic rings. The van der Waals surface area contributed by atoms with Gasteiger partial charge in [-0.25, -0.2) is 4.68 Å². The lowest BCUT2D eigenvalue weighted by atomic mass is 9.79. The van der Waals surface area contributed by atoms with Crippen molar-refractivity contribution in [3.8, 4) is 0 Å². The van der Waals surface area contributed by atoms with Gasteiger partial charge < -0.3 is 10.6 Å². The fourth-order valence-corrected chi connectivity index (χ4v) is 2.95. The fourth-order valence-electron chi connectivity index (χ4n) is 2.95. The molecule has 2 heterocycles. The minimum atomic E-state index is -0.0755. The number of nitrogens with zero attached hydrogens (tertiary/aromatic N) is 4. The zero-order valence-electron chi connectivity index (χ0n) is 13.6. The van der Waals surface area contributed by atoms with E-state index in [4.69, 9.17) is 5.73 Å². The second-order valence-corrected chi connectivity index (χ2v) is 6.90. The molecule has 1 aromatic heterocycles.